The summed E-state index contributed by atoms with van der Waals surface area (Å²) in [7, 11) is 1.69. The van der Waals surface area contributed by atoms with Crippen molar-refractivity contribution in [2.75, 3.05) is 13.7 Å². The van der Waals surface area contributed by atoms with E-state index >= 15 is 0 Å². The lowest BCUT2D eigenvalue weighted by Crippen LogP contribution is -2.28. The molecule has 0 bridgehead atoms. The maximum atomic E-state index is 5.77. The molecule has 1 fully saturated rings. The molecule has 0 heterocycles. The van der Waals surface area contributed by atoms with E-state index in [9.17, 15) is 0 Å². The van der Waals surface area contributed by atoms with Crippen molar-refractivity contribution < 1.29 is 9.47 Å². The Hall–Kier alpha value is -1.10. The molecule has 0 radical (unpaired) electrons. The molecule has 1 atom stereocenters. The Morgan fingerprint density at radius 1 is 1.47 bits per heavy atom. The molecule has 0 spiro atoms. The Balaban J connectivity index is 2.01. The molecule has 4 heteroatoms. The van der Waals surface area contributed by atoms with E-state index in [1.165, 1.54) is 12.8 Å². The van der Waals surface area contributed by atoms with Gasteiger partial charge in [-0.25, -0.2) is 0 Å². The minimum Gasteiger partial charge on any atom is -0.490 e. The third-order valence-corrected chi connectivity index (χ3v) is 2.90. The summed E-state index contributed by atoms with van der Waals surface area (Å²) >= 11 is 0. The fourth-order valence-electron chi connectivity index (χ4n) is 1.76. The van der Waals surface area contributed by atoms with E-state index < -0.39 is 0 Å². The Morgan fingerprint density at radius 3 is 2.94 bits per heavy atom. The van der Waals surface area contributed by atoms with Gasteiger partial charge in [-0.1, -0.05) is 12.1 Å². The number of rotatable bonds is 7. The van der Waals surface area contributed by atoms with Crippen molar-refractivity contribution in [3.8, 4) is 5.75 Å². The average molecular weight is 236 g/mol. The topological polar surface area (TPSA) is 56.5 Å². The van der Waals surface area contributed by atoms with E-state index in [1.54, 1.807) is 7.11 Å². The predicted octanol–water partition coefficient (Wildman–Crippen LogP) is 1.77. The normalized spacial score (nSPS) is 16.8. The molecule has 0 aliphatic heterocycles. The molecule has 0 aromatic heterocycles. The van der Waals surface area contributed by atoms with Crippen molar-refractivity contribution in [1.82, 2.24) is 5.43 Å². The van der Waals surface area contributed by atoms with Gasteiger partial charge in [-0.15, -0.1) is 0 Å². The van der Waals surface area contributed by atoms with Gasteiger partial charge >= 0.3 is 0 Å². The van der Waals surface area contributed by atoms with Crippen LogP contribution in [0, 0.1) is 0 Å². The number of methoxy groups -OCH3 is 1. The zero-order valence-electron chi connectivity index (χ0n) is 10.2. The Labute approximate surface area is 102 Å². The van der Waals surface area contributed by atoms with Crippen LogP contribution < -0.4 is 16.0 Å². The fraction of sp³-hybridized carbons (Fsp3) is 0.538. The van der Waals surface area contributed by atoms with Gasteiger partial charge in [0.25, 0.3) is 0 Å². The van der Waals surface area contributed by atoms with Gasteiger partial charge < -0.3 is 9.47 Å². The van der Waals surface area contributed by atoms with Gasteiger partial charge in [0.05, 0.1) is 6.10 Å². The van der Waals surface area contributed by atoms with Crippen molar-refractivity contribution >= 4 is 0 Å². The van der Waals surface area contributed by atoms with E-state index in [4.69, 9.17) is 15.3 Å². The first-order valence-electron chi connectivity index (χ1n) is 6.05. The maximum absolute atomic E-state index is 5.77. The second-order valence-corrected chi connectivity index (χ2v) is 4.39. The van der Waals surface area contributed by atoms with Crippen LogP contribution in [0.5, 0.6) is 5.75 Å². The van der Waals surface area contributed by atoms with Crippen LogP contribution in [0.3, 0.4) is 0 Å². The maximum Gasteiger partial charge on any atom is 0.120 e. The van der Waals surface area contributed by atoms with E-state index in [-0.39, 0.29) is 6.04 Å². The van der Waals surface area contributed by atoms with E-state index in [2.05, 4.69) is 17.6 Å². The summed E-state index contributed by atoms with van der Waals surface area (Å²) in [6, 6.07) is 8.21. The molecule has 0 amide bonds. The first-order chi connectivity index (χ1) is 8.33. The lowest BCUT2D eigenvalue weighted by Gasteiger charge is -2.16. The third-order valence-electron chi connectivity index (χ3n) is 2.90. The standard InChI is InChI=1S/C13H20N2O2/c1-16-8-7-13(15-14)10-3-2-4-12(9-10)17-11-5-6-11/h2-4,9,11,13,15H,5-8,14H2,1H3. The van der Waals surface area contributed by atoms with Gasteiger partial charge in [0.2, 0.25) is 0 Å². The summed E-state index contributed by atoms with van der Waals surface area (Å²) in [6.07, 6.45) is 3.62. The zero-order valence-corrected chi connectivity index (χ0v) is 10.2. The lowest BCUT2D eigenvalue weighted by molar-refractivity contribution is 0.183. The number of hydrogen-bond acceptors (Lipinski definition) is 4. The van der Waals surface area contributed by atoms with Crippen LogP contribution >= 0.6 is 0 Å². The minimum absolute atomic E-state index is 0.109. The highest BCUT2D eigenvalue weighted by Crippen LogP contribution is 2.28. The van der Waals surface area contributed by atoms with Crippen LogP contribution in [0.15, 0.2) is 24.3 Å². The van der Waals surface area contributed by atoms with Crippen LogP contribution in [0.2, 0.25) is 0 Å². The number of hydrogen-bond donors (Lipinski definition) is 2. The molecule has 1 aliphatic rings. The lowest BCUT2D eigenvalue weighted by atomic mass is 10.0. The monoisotopic (exact) mass is 236 g/mol. The van der Waals surface area contributed by atoms with Gasteiger partial charge in [-0.2, -0.15) is 0 Å². The predicted molar refractivity (Wildman–Crippen MR) is 66.6 cm³/mol. The number of nitrogens with two attached hydrogens (primary N) is 1. The molecule has 0 saturated heterocycles. The molecule has 94 valence electrons. The molecule has 1 saturated carbocycles. The van der Waals surface area contributed by atoms with Crippen LogP contribution in [-0.4, -0.2) is 19.8 Å². The summed E-state index contributed by atoms with van der Waals surface area (Å²) < 4.78 is 10.8. The minimum atomic E-state index is 0.109. The zero-order chi connectivity index (χ0) is 12.1. The van der Waals surface area contributed by atoms with E-state index in [0.717, 1.165) is 17.7 Å². The van der Waals surface area contributed by atoms with Gasteiger partial charge in [0.15, 0.2) is 0 Å². The van der Waals surface area contributed by atoms with E-state index in [0.29, 0.717) is 12.7 Å². The van der Waals surface area contributed by atoms with Crippen molar-refractivity contribution in [1.29, 1.82) is 0 Å². The van der Waals surface area contributed by atoms with E-state index in [1.807, 2.05) is 12.1 Å². The largest absolute Gasteiger partial charge is 0.490 e. The molecule has 1 aromatic carbocycles. The average Bonchev–Trinajstić information content (AvgIpc) is 3.15. The molecule has 1 unspecified atom stereocenters. The highest BCUT2D eigenvalue weighted by atomic mass is 16.5. The van der Waals surface area contributed by atoms with Gasteiger partial charge in [0.1, 0.15) is 5.75 Å². The second kappa shape index (κ2) is 6.00. The molecule has 1 aliphatic carbocycles. The Kier molecular flexibility index (Phi) is 4.36. The van der Waals surface area contributed by atoms with Crippen molar-refractivity contribution in [2.45, 2.75) is 31.4 Å². The molecule has 1 aromatic rings. The van der Waals surface area contributed by atoms with Crippen LogP contribution in [0.25, 0.3) is 0 Å². The fourth-order valence-corrected chi connectivity index (χ4v) is 1.76. The smallest absolute Gasteiger partial charge is 0.120 e. The molecule has 17 heavy (non-hydrogen) atoms. The quantitative estimate of drug-likeness (QED) is 0.559. The SMILES string of the molecule is COCCC(NN)c1cccc(OC2CC2)c1. The van der Waals surface area contributed by atoms with Crippen molar-refractivity contribution in [3.63, 3.8) is 0 Å². The number of nitrogens with one attached hydrogen (secondary N) is 1. The summed E-state index contributed by atoms with van der Waals surface area (Å²) in [6.45, 7) is 0.683. The summed E-state index contributed by atoms with van der Waals surface area (Å²) in [5.41, 5.74) is 3.96. The molecular formula is C13H20N2O2. The Bertz CT molecular complexity index is 353. The first kappa shape index (κ1) is 12.4. The third kappa shape index (κ3) is 3.70. The van der Waals surface area contributed by atoms with Crippen LogP contribution in [0.1, 0.15) is 30.9 Å². The van der Waals surface area contributed by atoms with Crippen LogP contribution in [-0.2, 0) is 4.74 Å². The van der Waals surface area contributed by atoms with Crippen molar-refractivity contribution in [2.24, 2.45) is 5.84 Å². The second-order valence-electron chi connectivity index (χ2n) is 4.39. The highest BCUT2D eigenvalue weighted by molar-refractivity contribution is 5.31. The van der Waals surface area contributed by atoms with Gasteiger partial charge in [-0.05, 0) is 37.0 Å². The molecule has 2 rings (SSSR count). The van der Waals surface area contributed by atoms with Crippen molar-refractivity contribution in [3.05, 3.63) is 29.8 Å². The highest BCUT2D eigenvalue weighted by Gasteiger charge is 2.23. The van der Waals surface area contributed by atoms with Gasteiger partial charge in [-0.3, -0.25) is 11.3 Å². The number of ether oxygens (including phenoxy) is 2. The first-order valence-corrected chi connectivity index (χ1v) is 6.05. The molecular weight excluding hydrogens is 216 g/mol. The number of hydrazine groups is 1. The summed E-state index contributed by atoms with van der Waals surface area (Å²) in [5.74, 6) is 6.50. The summed E-state index contributed by atoms with van der Waals surface area (Å²) in [5, 5.41) is 0. The number of benzene rings is 1. The Morgan fingerprint density at radius 2 is 2.29 bits per heavy atom. The van der Waals surface area contributed by atoms with Gasteiger partial charge in [0, 0.05) is 19.8 Å². The molecule has 3 N–H and O–H groups in total. The van der Waals surface area contributed by atoms with Crippen LogP contribution in [0.4, 0.5) is 0 Å². The molecule has 4 nitrogen and oxygen atoms in total. The summed E-state index contributed by atoms with van der Waals surface area (Å²) in [4.78, 5) is 0.